The Hall–Kier alpha value is 0.310. The lowest BCUT2D eigenvalue weighted by Gasteiger charge is -2.28. The van der Waals surface area contributed by atoms with Gasteiger partial charge in [-0.1, -0.05) is 6.42 Å². The SMILES string of the molecule is OCC(C1CC1)C1CCCCS1. The Labute approximate surface area is 78.9 Å². The lowest BCUT2D eigenvalue weighted by atomic mass is 9.96. The van der Waals surface area contributed by atoms with Crippen LogP contribution in [0.25, 0.3) is 0 Å². The molecule has 2 fully saturated rings. The topological polar surface area (TPSA) is 20.2 Å². The van der Waals surface area contributed by atoms with Gasteiger partial charge in [-0.3, -0.25) is 0 Å². The standard InChI is InChI=1S/C10H18OS/c11-7-9(8-4-5-8)10-3-1-2-6-12-10/h8-11H,1-7H2. The van der Waals surface area contributed by atoms with E-state index in [1.54, 1.807) is 0 Å². The predicted molar refractivity (Wildman–Crippen MR) is 53.4 cm³/mol. The molecule has 1 N–H and O–H groups in total. The maximum atomic E-state index is 9.28. The zero-order valence-corrected chi connectivity index (χ0v) is 8.35. The summed E-state index contributed by atoms with van der Waals surface area (Å²) in [7, 11) is 0. The summed E-state index contributed by atoms with van der Waals surface area (Å²) in [4.78, 5) is 0. The van der Waals surface area contributed by atoms with Crippen molar-refractivity contribution in [2.75, 3.05) is 12.4 Å². The number of aliphatic hydroxyl groups is 1. The third-order valence-electron chi connectivity index (χ3n) is 3.13. The van der Waals surface area contributed by atoms with Gasteiger partial charge in [0.1, 0.15) is 0 Å². The molecule has 2 aliphatic rings. The van der Waals surface area contributed by atoms with Gasteiger partial charge in [-0.25, -0.2) is 0 Å². The monoisotopic (exact) mass is 186 g/mol. The second-order valence-electron chi connectivity index (χ2n) is 4.09. The first kappa shape index (κ1) is 8.89. The van der Waals surface area contributed by atoms with Crippen LogP contribution in [0.3, 0.4) is 0 Å². The van der Waals surface area contributed by atoms with Gasteiger partial charge < -0.3 is 5.11 Å². The zero-order chi connectivity index (χ0) is 8.39. The quantitative estimate of drug-likeness (QED) is 0.730. The molecule has 0 aromatic rings. The molecule has 0 spiro atoms. The fraction of sp³-hybridized carbons (Fsp3) is 1.00. The summed E-state index contributed by atoms with van der Waals surface area (Å²) in [5, 5.41) is 10.1. The van der Waals surface area contributed by atoms with Crippen LogP contribution in [0.5, 0.6) is 0 Å². The highest BCUT2D eigenvalue weighted by atomic mass is 32.2. The second-order valence-corrected chi connectivity index (χ2v) is 5.44. The third kappa shape index (κ3) is 1.97. The van der Waals surface area contributed by atoms with Crippen molar-refractivity contribution in [3.8, 4) is 0 Å². The Morgan fingerprint density at radius 3 is 2.58 bits per heavy atom. The normalized spacial score (nSPS) is 33.2. The summed E-state index contributed by atoms with van der Waals surface area (Å²) in [6.07, 6.45) is 6.89. The van der Waals surface area contributed by atoms with Crippen LogP contribution >= 0.6 is 11.8 Å². The molecule has 1 saturated carbocycles. The molecule has 1 saturated heterocycles. The predicted octanol–water partition coefficient (Wildman–Crippen LogP) is 2.29. The van der Waals surface area contributed by atoms with Gasteiger partial charge in [-0.15, -0.1) is 0 Å². The van der Waals surface area contributed by atoms with E-state index in [1.807, 2.05) is 0 Å². The lowest BCUT2D eigenvalue weighted by Crippen LogP contribution is -2.25. The van der Waals surface area contributed by atoms with Gasteiger partial charge >= 0.3 is 0 Å². The van der Waals surface area contributed by atoms with Crippen LogP contribution in [0, 0.1) is 11.8 Å². The molecule has 2 unspecified atom stereocenters. The Morgan fingerprint density at radius 1 is 1.25 bits per heavy atom. The van der Waals surface area contributed by atoms with E-state index in [9.17, 15) is 5.11 Å². The van der Waals surface area contributed by atoms with E-state index in [0.29, 0.717) is 12.5 Å². The molecular weight excluding hydrogens is 168 g/mol. The van der Waals surface area contributed by atoms with E-state index in [1.165, 1.54) is 37.9 Å². The zero-order valence-electron chi connectivity index (χ0n) is 7.54. The van der Waals surface area contributed by atoms with Gasteiger partial charge in [0, 0.05) is 11.9 Å². The van der Waals surface area contributed by atoms with E-state index >= 15 is 0 Å². The van der Waals surface area contributed by atoms with Gasteiger partial charge in [-0.2, -0.15) is 11.8 Å². The van der Waals surface area contributed by atoms with Crippen LogP contribution in [0.1, 0.15) is 32.1 Å². The van der Waals surface area contributed by atoms with Crippen molar-refractivity contribution in [2.24, 2.45) is 11.8 Å². The van der Waals surface area contributed by atoms with E-state index in [4.69, 9.17) is 0 Å². The van der Waals surface area contributed by atoms with Gasteiger partial charge in [0.25, 0.3) is 0 Å². The van der Waals surface area contributed by atoms with Crippen molar-refractivity contribution in [3.63, 3.8) is 0 Å². The third-order valence-corrected chi connectivity index (χ3v) is 4.67. The molecule has 2 atom stereocenters. The van der Waals surface area contributed by atoms with Gasteiger partial charge in [0.05, 0.1) is 0 Å². The van der Waals surface area contributed by atoms with Crippen molar-refractivity contribution < 1.29 is 5.11 Å². The van der Waals surface area contributed by atoms with E-state index in [2.05, 4.69) is 11.8 Å². The minimum atomic E-state index is 0.433. The molecule has 0 amide bonds. The van der Waals surface area contributed by atoms with Gasteiger partial charge in [-0.05, 0) is 43.3 Å². The van der Waals surface area contributed by atoms with Crippen molar-refractivity contribution in [2.45, 2.75) is 37.4 Å². The van der Waals surface area contributed by atoms with Gasteiger partial charge in [0.2, 0.25) is 0 Å². The maximum absolute atomic E-state index is 9.28. The molecule has 0 bridgehead atoms. The summed E-state index contributed by atoms with van der Waals surface area (Å²) in [5.41, 5.74) is 0. The average Bonchev–Trinajstić information content (AvgIpc) is 2.92. The number of aliphatic hydroxyl groups excluding tert-OH is 1. The molecule has 2 rings (SSSR count). The molecule has 1 aliphatic heterocycles. The van der Waals surface area contributed by atoms with E-state index < -0.39 is 0 Å². The molecule has 70 valence electrons. The molecule has 0 aromatic carbocycles. The van der Waals surface area contributed by atoms with Crippen molar-refractivity contribution >= 4 is 11.8 Å². The summed E-state index contributed by atoms with van der Waals surface area (Å²) >= 11 is 2.10. The molecule has 0 radical (unpaired) electrons. The van der Waals surface area contributed by atoms with Crippen LogP contribution in [-0.4, -0.2) is 22.7 Å². The second kappa shape index (κ2) is 4.01. The average molecular weight is 186 g/mol. The van der Waals surface area contributed by atoms with Crippen LogP contribution in [-0.2, 0) is 0 Å². The van der Waals surface area contributed by atoms with Gasteiger partial charge in [0.15, 0.2) is 0 Å². The summed E-state index contributed by atoms with van der Waals surface area (Å²) in [6, 6.07) is 0. The number of hydrogen-bond acceptors (Lipinski definition) is 2. The minimum Gasteiger partial charge on any atom is -0.396 e. The lowest BCUT2D eigenvalue weighted by molar-refractivity contribution is 0.202. The highest BCUT2D eigenvalue weighted by molar-refractivity contribution is 7.99. The Kier molecular flexibility index (Phi) is 2.97. The summed E-state index contributed by atoms with van der Waals surface area (Å²) in [6.45, 7) is 0.433. The molecular formula is C10H18OS. The Morgan fingerprint density at radius 2 is 2.08 bits per heavy atom. The molecule has 1 aliphatic carbocycles. The van der Waals surface area contributed by atoms with E-state index in [-0.39, 0.29) is 0 Å². The molecule has 2 heteroatoms. The van der Waals surface area contributed by atoms with Crippen LogP contribution in [0.15, 0.2) is 0 Å². The van der Waals surface area contributed by atoms with Crippen molar-refractivity contribution in [3.05, 3.63) is 0 Å². The molecule has 1 nitrogen and oxygen atoms in total. The molecule has 12 heavy (non-hydrogen) atoms. The molecule has 1 heterocycles. The van der Waals surface area contributed by atoms with Crippen molar-refractivity contribution in [1.29, 1.82) is 0 Å². The number of rotatable bonds is 3. The highest BCUT2D eigenvalue weighted by Gasteiger charge is 2.36. The van der Waals surface area contributed by atoms with E-state index in [0.717, 1.165) is 11.2 Å². The Balaban J connectivity index is 1.85. The first-order chi connectivity index (χ1) is 5.92. The fourth-order valence-corrected chi connectivity index (χ4v) is 3.76. The minimum absolute atomic E-state index is 0.433. The van der Waals surface area contributed by atoms with Crippen molar-refractivity contribution in [1.82, 2.24) is 0 Å². The summed E-state index contributed by atoms with van der Waals surface area (Å²) < 4.78 is 0. The Bertz CT molecular complexity index is 139. The maximum Gasteiger partial charge on any atom is 0.0472 e. The first-order valence-corrected chi connectivity index (χ1v) is 6.19. The molecule has 0 aromatic heterocycles. The first-order valence-electron chi connectivity index (χ1n) is 5.14. The number of hydrogen-bond donors (Lipinski definition) is 1. The number of thioether (sulfide) groups is 1. The van der Waals surface area contributed by atoms with Crippen LogP contribution < -0.4 is 0 Å². The largest absolute Gasteiger partial charge is 0.396 e. The fourth-order valence-electron chi connectivity index (χ4n) is 2.20. The smallest absolute Gasteiger partial charge is 0.0472 e. The highest BCUT2D eigenvalue weighted by Crippen LogP contribution is 2.44. The van der Waals surface area contributed by atoms with Crippen LogP contribution in [0.2, 0.25) is 0 Å². The van der Waals surface area contributed by atoms with Crippen LogP contribution in [0.4, 0.5) is 0 Å². The summed E-state index contributed by atoms with van der Waals surface area (Å²) in [5.74, 6) is 2.84.